The quantitative estimate of drug-likeness (QED) is 0.569. The Balaban J connectivity index is 1.51. The first-order valence-electron chi connectivity index (χ1n) is 10.6. The predicted octanol–water partition coefficient (Wildman–Crippen LogP) is 4.81. The van der Waals surface area contributed by atoms with Crippen molar-refractivity contribution in [2.45, 2.75) is 26.4 Å². The van der Waals surface area contributed by atoms with E-state index in [1.165, 1.54) is 29.2 Å². The van der Waals surface area contributed by atoms with E-state index >= 15 is 0 Å². The number of carbonyl (C=O) groups excluding carboxylic acids is 2. The first-order valence-corrected chi connectivity index (χ1v) is 10.6. The standard InChI is InChI=1S/C26H23FN2O4/c1-15(2)23(26(32)33)29-14-19-12-17(8-11-22(19)25(29)31)16-6-9-21(10-7-16)28-24(30)18-4-3-5-20(27)13-18/h3-13,15,23H,14H2,1-2H3,(H,28,30)(H,32,33). The molecule has 4 rings (SSSR count). The van der Waals surface area contributed by atoms with Crippen molar-refractivity contribution in [2.24, 2.45) is 5.92 Å². The highest BCUT2D eigenvalue weighted by molar-refractivity contribution is 6.04. The van der Waals surface area contributed by atoms with E-state index in [9.17, 15) is 23.9 Å². The van der Waals surface area contributed by atoms with Crippen LogP contribution >= 0.6 is 0 Å². The van der Waals surface area contributed by atoms with Crippen LogP contribution in [0.2, 0.25) is 0 Å². The first kappa shape index (κ1) is 22.2. The van der Waals surface area contributed by atoms with Crippen molar-refractivity contribution in [2.75, 3.05) is 5.32 Å². The highest BCUT2D eigenvalue weighted by atomic mass is 19.1. The number of hydrogen-bond donors (Lipinski definition) is 2. The number of amides is 2. The van der Waals surface area contributed by atoms with Crippen LogP contribution in [0, 0.1) is 11.7 Å². The monoisotopic (exact) mass is 446 g/mol. The van der Waals surface area contributed by atoms with E-state index in [4.69, 9.17) is 0 Å². The zero-order valence-electron chi connectivity index (χ0n) is 18.2. The normalized spacial score (nSPS) is 13.7. The number of nitrogens with zero attached hydrogens (tertiary/aromatic N) is 1. The summed E-state index contributed by atoms with van der Waals surface area (Å²) in [4.78, 5) is 38.2. The number of carboxylic acid groups (broad SMARTS) is 1. The lowest BCUT2D eigenvalue weighted by molar-refractivity contribution is -0.144. The number of benzene rings is 3. The molecule has 1 unspecified atom stereocenters. The Hall–Kier alpha value is -4.00. The molecular weight excluding hydrogens is 423 g/mol. The van der Waals surface area contributed by atoms with E-state index in [-0.39, 0.29) is 23.9 Å². The summed E-state index contributed by atoms with van der Waals surface area (Å²) in [5.41, 5.74) is 3.86. The zero-order valence-corrected chi connectivity index (χ0v) is 18.2. The number of nitrogens with one attached hydrogen (secondary N) is 1. The molecule has 0 aromatic heterocycles. The van der Waals surface area contributed by atoms with Gasteiger partial charge in [0.25, 0.3) is 11.8 Å². The fourth-order valence-corrected chi connectivity index (χ4v) is 4.10. The van der Waals surface area contributed by atoms with E-state index < -0.39 is 23.7 Å². The van der Waals surface area contributed by atoms with Crippen molar-refractivity contribution in [1.82, 2.24) is 4.90 Å². The van der Waals surface area contributed by atoms with Crippen LogP contribution in [-0.2, 0) is 11.3 Å². The van der Waals surface area contributed by atoms with Crippen molar-refractivity contribution in [3.8, 4) is 11.1 Å². The summed E-state index contributed by atoms with van der Waals surface area (Å²) in [6, 6.07) is 17.2. The topological polar surface area (TPSA) is 86.7 Å². The third-order valence-corrected chi connectivity index (χ3v) is 5.72. The number of fused-ring (bicyclic) bond motifs is 1. The van der Waals surface area contributed by atoms with Crippen molar-refractivity contribution in [3.63, 3.8) is 0 Å². The summed E-state index contributed by atoms with van der Waals surface area (Å²) < 4.78 is 13.3. The van der Waals surface area contributed by atoms with Gasteiger partial charge in [-0.15, -0.1) is 0 Å². The van der Waals surface area contributed by atoms with Gasteiger partial charge in [-0.25, -0.2) is 9.18 Å². The predicted molar refractivity (Wildman–Crippen MR) is 122 cm³/mol. The highest BCUT2D eigenvalue weighted by Gasteiger charge is 2.38. The molecule has 0 spiro atoms. The number of aliphatic carboxylic acids is 1. The maximum Gasteiger partial charge on any atom is 0.326 e. The molecule has 1 heterocycles. The van der Waals surface area contributed by atoms with Crippen molar-refractivity contribution < 1.29 is 23.9 Å². The second-order valence-electron chi connectivity index (χ2n) is 8.37. The molecular formula is C26H23FN2O4. The van der Waals surface area contributed by atoms with E-state index in [2.05, 4.69) is 5.32 Å². The van der Waals surface area contributed by atoms with Gasteiger partial charge in [-0.1, -0.05) is 38.1 Å². The van der Waals surface area contributed by atoms with Gasteiger partial charge in [0, 0.05) is 23.4 Å². The Morgan fingerprint density at radius 2 is 1.70 bits per heavy atom. The fraction of sp³-hybridized carbons (Fsp3) is 0.192. The zero-order chi connectivity index (χ0) is 23.7. The van der Waals surface area contributed by atoms with Gasteiger partial charge >= 0.3 is 5.97 Å². The molecule has 1 aliphatic heterocycles. The molecule has 3 aromatic rings. The second kappa shape index (κ2) is 8.86. The summed E-state index contributed by atoms with van der Waals surface area (Å²) >= 11 is 0. The van der Waals surface area contributed by atoms with Crippen LogP contribution in [0.15, 0.2) is 66.7 Å². The molecule has 6 nitrogen and oxygen atoms in total. The molecule has 0 saturated carbocycles. The van der Waals surface area contributed by atoms with E-state index in [1.807, 2.05) is 24.3 Å². The number of halogens is 1. The smallest absolute Gasteiger partial charge is 0.326 e. The third kappa shape index (κ3) is 4.48. The number of anilines is 1. The molecule has 0 fully saturated rings. The largest absolute Gasteiger partial charge is 0.480 e. The average Bonchev–Trinajstić information content (AvgIpc) is 3.09. The summed E-state index contributed by atoms with van der Waals surface area (Å²) in [5, 5.41) is 12.3. The molecule has 168 valence electrons. The minimum absolute atomic E-state index is 0.213. The second-order valence-corrected chi connectivity index (χ2v) is 8.37. The number of hydrogen-bond acceptors (Lipinski definition) is 3. The Bertz CT molecular complexity index is 1240. The summed E-state index contributed by atoms with van der Waals surface area (Å²) in [5.74, 6) is -2.38. The molecule has 2 N–H and O–H groups in total. The lowest BCUT2D eigenvalue weighted by Gasteiger charge is -2.27. The number of carbonyl (C=O) groups is 3. The minimum atomic E-state index is -1.01. The van der Waals surface area contributed by atoms with Gasteiger partial charge in [0.15, 0.2) is 0 Å². The van der Waals surface area contributed by atoms with Gasteiger partial charge in [-0.2, -0.15) is 0 Å². The van der Waals surface area contributed by atoms with Crippen LogP contribution in [0.1, 0.15) is 40.1 Å². The summed E-state index contributed by atoms with van der Waals surface area (Å²) in [7, 11) is 0. The van der Waals surface area contributed by atoms with Crippen LogP contribution in [-0.4, -0.2) is 33.8 Å². The molecule has 0 radical (unpaired) electrons. The Morgan fingerprint density at radius 3 is 2.33 bits per heavy atom. The van der Waals surface area contributed by atoms with Crippen molar-refractivity contribution >= 4 is 23.5 Å². The SMILES string of the molecule is CC(C)C(C(=O)O)N1Cc2cc(-c3ccc(NC(=O)c4cccc(F)c4)cc3)ccc2C1=O. The molecule has 0 saturated heterocycles. The van der Waals surface area contributed by atoms with Crippen LogP contribution in [0.25, 0.3) is 11.1 Å². The molecule has 0 aliphatic carbocycles. The van der Waals surface area contributed by atoms with Gasteiger partial charge in [0.2, 0.25) is 0 Å². The van der Waals surface area contributed by atoms with Crippen molar-refractivity contribution in [1.29, 1.82) is 0 Å². The maximum atomic E-state index is 13.3. The van der Waals surface area contributed by atoms with E-state index in [1.54, 1.807) is 32.0 Å². The van der Waals surface area contributed by atoms with Crippen LogP contribution in [0.5, 0.6) is 0 Å². The molecule has 2 amide bonds. The molecule has 0 bridgehead atoms. The van der Waals surface area contributed by atoms with Gasteiger partial charge < -0.3 is 15.3 Å². The fourth-order valence-electron chi connectivity index (χ4n) is 4.10. The van der Waals surface area contributed by atoms with Gasteiger partial charge in [0.1, 0.15) is 11.9 Å². The molecule has 33 heavy (non-hydrogen) atoms. The van der Waals surface area contributed by atoms with Gasteiger partial charge in [-0.3, -0.25) is 9.59 Å². The molecule has 3 aromatic carbocycles. The number of rotatable bonds is 6. The Kier molecular flexibility index (Phi) is 5.96. The van der Waals surface area contributed by atoms with Gasteiger partial charge in [0.05, 0.1) is 0 Å². The Morgan fingerprint density at radius 1 is 1.00 bits per heavy atom. The van der Waals surface area contributed by atoms with E-state index in [0.29, 0.717) is 11.3 Å². The van der Waals surface area contributed by atoms with Crippen LogP contribution in [0.4, 0.5) is 10.1 Å². The maximum absolute atomic E-state index is 13.3. The van der Waals surface area contributed by atoms with Gasteiger partial charge in [-0.05, 0) is 65.1 Å². The average molecular weight is 446 g/mol. The third-order valence-electron chi connectivity index (χ3n) is 5.72. The van der Waals surface area contributed by atoms with Crippen LogP contribution < -0.4 is 5.32 Å². The van der Waals surface area contributed by atoms with Crippen molar-refractivity contribution in [3.05, 3.63) is 89.2 Å². The first-order chi connectivity index (χ1) is 15.7. The molecule has 7 heteroatoms. The Labute approximate surface area is 190 Å². The minimum Gasteiger partial charge on any atom is -0.480 e. The lowest BCUT2D eigenvalue weighted by Crippen LogP contribution is -2.44. The highest BCUT2D eigenvalue weighted by Crippen LogP contribution is 2.31. The molecule has 1 aliphatic rings. The molecule has 1 atom stereocenters. The van der Waals surface area contributed by atoms with Crippen LogP contribution in [0.3, 0.4) is 0 Å². The van der Waals surface area contributed by atoms with E-state index in [0.717, 1.165) is 16.7 Å². The summed E-state index contributed by atoms with van der Waals surface area (Å²) in [6.45, 7) is 3.82. The summed E-state index contributed by atoms with van der Waals surface area (Å²) in [6.07, 6.45) is 0. The number of carboxylic acids is 1. The lowest BCUT2D eigenvalue weighted by atomic mass is 10.0.